The molecule has 6 nitrogen and oxygen atoms in total. The number of nitrogens with zero attached hydrogens (tertiary/aromatic N) is 1. The van der Waals surface area contributed by atoms with Gasteiger partial charge in [-0.2, -0.15) is 0 Å². The lowest BCUT2D eigenvalue weighted by Crippen LogP contribution is -2.34. The summed E-state index contributed by atoms with van der Waals surface area (Å²) < 4.78 is 6.88. The van der Waals surface area contributed by atoms with Crippen molar-refractivity contribution >= 4 is 28.2 Å². The third-order valence-electron chi connectivity index (χ3n) is 4.43. The first-order valence-electron chi connectivity index (χ1n) is 8.26. The summed E-state index contributed by atoms with van der Waals surface area (Å²) in [6, 6.07) is 13.9. The van der Waals surface area contributed by atoms with Crippen LogP contribution in [0, 0.1) is 0 Å². The Balaban J connectivity index is 1.63. The lowest BCUT2D eigenvalue weighted by molar-refractivity contribution is -0.122. The van der Waals surface area contributed by atoms with E-state index in [1.807, 2.05) is 18.2 Å². The number of carbonyl (C=O) groups is 2. The predicted octanol–water partition coefficient (Wildman–Crippen LogP) is 2.60. The van der Waals surface area contributed by atoms with Gasteiger partial charge < -0.3 is 14.6 Å². The quantitative estimate of drug-likeness (QED) is 0.738. The van der Waals surface area contributed by atoms with Gasteiger partial charge in [-0.25, -0.2) is 0 Å². The lowest BCUT2D eigenvalue weighted by Gasteiger charge is -2.23. The topological polar surface area (TPSA) is 77.4 Å². The highest BCUT2D eigenvalue weighted by Gasteiger charge is 2.24. The fourth-order valence-electron chi connectivity index (χ4n) is 2.98. The number of amides is 1. The molecule has 1 unspecified atom stereocenters. The van der Waals surface area contributed by atoms with Crippen LogP contribution < -0.4 is 15.6 Å². The average molecular weight is 348 g/mol. The zero-order valence-electron chi connectivity index (χ0n) is 14.1. The van der Waals surface area contributed by atoms with Crippen molar-refractivity contribution in [2.24, 2.45) is 0 Å². The minimum absolute atomic E-state index is 0.0757. The van der Waals surface area contributed by atoms with Crippen LogP contribution in [0.3, 0.4) is 0 Å². The number of benzene rings is 2. The second kappa shape index (κ2) is 6.15. The van der Waals surface area contributed by atoms with E-state index in [1.54, 1.807) is 43.5 Å². The molecular formula is C20H16N2O4. The minimum Gasteiger partial charge on any atom is -0.479 e. The fourth-order valence-corrected chi connectivity index (χ4v) is 2.98. The van der Waals surface area contributed by atoms with Crippen LogP contribution in [0.15, 0.2) is 59.5 Å². The van der Waals surface area contributed by atoms with Gasteiger partial charge >= 0.3 is 0 Å². The number of fused-ring (bicyclic) bond motifs is 2. The van der Waals surface area contributed by atoms with Gasteiger partial charge in [-0.3, -0.25) is 14.4 Å². The molecule has 1 aliphatic rings. The minimum atomic E-state index is -0.569. The number of anilines is 1. The van der Waals surface area contributed by atoms with E-state index in [0.29, 0.717) is 22.4 Å². The molecule has 1 aromatic heterocycles. The summed E-state index contributed by atoms with van der Waals surface area (Å²) in [4.78, 5) is 36.9. The number of pyridine rings is 1. The average Bonchev–Trinajstić information content (AvgIpc) is 2.65. The van der Waals surface area contributed by atoms with Gasteiger partial charge in [0.2, 0.25) is 0 Å². The molecule has 1 aliphatic heterocycles. The maximum absolute atomic E-state index is 12.6. The molecule has 0 saturated carbocycles. The van der Waals surface area contributed by atoms with E-state index in [1.165, 1.54) is 4.57 Å². The van der Waals surface area contributed by atoms with Gasteiger partial charge in [-0.05, 0) is 42.6 Å². The zero-order valence-corrected chi connectivity index (χ0v) is 14.1. The van der Waals surface area contributed by atoms with E-state index in [-0.39, 0.29) is 23.8 Å². The maximum Gasteiger partial charge on any atom is 0.265 e. The summed E-state index contributed by atoms with van der Waals surface area (Å²) in [5.41, 5.74) is 0.659. The highest BCUT2D eigenvalue weighted by molar-refractivity contribution is 6.01. The number of aromatic nitrogens is 1. The van der Waals surface area contributed by atoms with Crippen molar-refractivity contribution in [3.05, 3.63) is 70.6 Å². The van der Waals surface area contributed by atoms with E-state index in [4.69, 9.17) is 4.74 Å². The Labute approximate surface area is 149 Å². The Kier molecular flexibility index (Phi) is 3.80. The number of ketones is 1. The first-order valence-corrected chi connectivity index (χ1v) is 8.26. The second-order valence-electron chi connectivity index (χ2n) is 6.22. The van der Waals surface area contributed by atoms with Crippen molar-refractivity contribution in [2.45, 2.75) is 19.6 Å². The molecule has 0 spiro atoms. The van der Waals surface area contributed by atoms with Gasteiger partial charge in [0.05, 0.1) is 12.2 Å². The van der Waals surface area contributed by atoms with Crippen LogP contribution >= 0.6 is 0 Å². The Morgan fingerprint density at radius 3 is 2.81 bits per heavy atom. The van der Waals surface area contributed by atoms with Crippen LogP contribution in [0.2, 0.25) is 0 Å². The highest BCUT2D eigenvalue weighted by Crippen LogP contribution is 2.30. The molecule has 0 aliphatic carbocycles. The number of hydrogen-bond acceptors (Lipinski definition) is 4. The summed E-state index contributed by atoms with van der Waals surface area (Å²) in [6.07, 6.45) is 1.05. The molecule has 1 amide bonds. The van der Waals surface area contributed by atoms with E-state index >= 15 is 0 Å². The van der Waals surface area contributed by atoms with Gasteiger partial charge in [0.15, 0.2) is 11.9 Å². The van der Waals surface area contributed by atoms with Crippen LogP contribution in [0.5, 0.6) is 5.75 Å². The van der Waals surface area contributed by atoms with Crippen LogP contribution in [0.25, 0.3) is 10.8 Å². The summed E-state index contributed by atoms with van der Waals surface area (Å²) in [5, 5.41) is 4.13. The molecule has 0 saturated heterocycles. The summed E-state index contributed by atoms with van der Waals surface area (Å²) >= 11 is 0. The number of carbonyl (C=O) groups excluding carboxylic acids is 2. The Bertz CT molecular complexity index is 1100. The molecule has 6 heteroatoms. The third kappa shape index (κ3) is 2.75. The Hall–Kier alpha value is -3.41. The molecule has 2 heterocycles. The number of hydrogen-bond donors (Lipinski definition) is 1. The molecule has 2 aromatic carbocycles. The number of ether oxygens (including phenoxy) is 1. The molecule has 26 heavy (non-hydrogen) atoms. The van der Waals surface area contributed by atoms with Crippen molar-refractivity contribution in [1.29, 1.82) is 0 Å². The van der Waals surface area contributed by atoms with Crippen LogP contribution in [0.4, 0.5) is 5.69 Å². The van der Waals surface area contributed by atoms with E-state index in [9.17, 15) is 14.4 Å². The molecule has 130 valence electrons. The first-order chi connectivity index (χ1) is 12.5. The lowest BCUT2D eigenvalue weighted by atomic mass is 10.1. The van der Waals surface area contributed by atoms with Crippen LogP contribution in [0.1, 0.15) is 17.3 Å². The van der Waals surface area contributed by atoms with Gasteiger partial charge in [0, 0.05) is 17.1 Å². The molecule has 0 bridgehead atoms. The van der Waals surface area contributed by atoms with Crippen molar-refractivity contribution in [3.8, 4) is 5.75 Å². The standard InChI is InChI=1S/C20H16N2O4/c1-12-19(24)21-16-10-14(6-7-18(16)26-12)17(23)11-22-9-8-13-4-2-3-5-15(13)20(22)25/h2-10,12H,11H2,1H3,(H,21,24). The van der Waals surface area contributed by atoms with Gasteiger partial charge in [0.25, 0.3) is 11.5 Å². The monoisotopic (exact) mass is 348 g/mol. The fraction of sp³-hybridized carbons (Fsp3) is 0.150. The van der Waals surface area contributed by atoms with Gasteiger partial charge in [-0.15, -0.1) is 0 Å². The van der Waals surface area contributed by atoms with Crippen molar-refractivity contribution < 1.29 is 14.3 Å². The predicted molar refractivity (Wildman–Crippen MR) is 97.7 cm³/mol. The summed E-state index contributed by atoms with van der Waals surface area (Å²) in [7, 11) is 0. The Morgan fingerprint density at radius 1 is 1.15 bits per heavy atom. The number of nitrogens with one attached hydrogen (secondary N) is 1. The smallest absolute Gasteiger partial charge is 0.265 e. The van der Waals surface area contributed by atoms with Crippen molar-refractivity contribution in [2.75, 3.05) is 5.32 Å². The normalized spacial score (nSPS) is 15.9. The molecule has 1 atom stereocenters. The Morgan fingerprint density at radius 2 is 1.96 bits per heavy atom. The zero-order chi connectivity index (χ0) is 18.3. The summed E-state index contributed by atoms with van der Waals surface area (Å²) in [5.74, 6) is 0.0439. The van der Waals surface area contributed by atoms with Crippen LogP contribution in [-0.4, -0.2) is 22.4 Å². The molecule has 1 N–H and O–H groups in total. The number of rotatable bonds is 3. The van der Waals surface area contributed by atoms with Gasteiger partial charge in [-0.1, -0.05) is 18.2 Å². The molecule has 0 fully saturated rings. The maximum atomic E-state index is 12.6. The largest absolute Gasteiger partial charge is 0.479 e. The molecule has 0 radical (unpaired) electrons. The van der Waals surface area contributed by atoms with E-state index in [0.717, 1.165) is 5.39 Å². The van der Waals surface area contributed by atoms with Crippen LogP contribution in [-0.2, 0) is 11.3 Å². The molecule has 3 aromatic rings. The first kappa shape index (κ1) is 16.1. The van der Waals surface area contributed by atoms with E-state index < -0.39 is 6.10 Å². The second-order valence-corrected chi connectivity index (χ2v) is 6.22. The molecular weight excluding hydrogens is 332 g/mol. The van der Waals surface area contributed by atoms with E-state index in [2.05, 4.69) is 5.32 Å². The third-order valence-corrected chi connectivity index (χ3v) is 4.43. The van der Waals surface area contributed by atoms with Gasteiger partial charge in [0.1, 0.15) is 5.75 Å². The van der Waals surface area contributed by atoms with Crippen molar-refractivity contribution in [1.82, 2.24) is 4.57 Å². The highest BCUT2D eigenvalue weighted by atomic mass is 16.5. The number of Topliss-reactive ketones (excluding diaryl/α,β-unsaturated/α-hetero) is 1. The summed E-state index contributed by atoms with van der Waals surface area (Å²) in [6.45, 7) is 1.58. The molecule has 4 rings (SSSR count). The SMILES string of the molecule is CC1Oc2ccc(C(=O)Cn3ccc4ccccc4c3=O)cc2NC1=O. The van der Waals surface area contributed by atoms with Crippen molar-refractivity contribution in [3.63, 3.8) is 0 Å².